The van der Waals surface area contributed by atoms with E-state index in [0.29, 0.717) is 5.56 Å². The molecule has 9 aromatic rings. The Labute approximate surface area is 315 Å². The number of allylic oxidation sites excluding steroid dienone is 1. The third-order valence-corrected chi connectivity index (χ3v) is 10.6. The summed E-state index contributed by atoms with van der Waals surface area (Å²) in [7, 11) is 0. The van der Waals surface area contributed by atoms with Gasteiger partial charge in [-0.3, -0.25) is 4.98 Å². The van der Waals surface area contributed by atoms with Gasteiger partial charge in [-0.2, -0.15) is 5.26 Å². The normalized spacial score (nSPS) is 11.6. The summed E-state index contributed by atoms with van der Waals surface area (Å²) in [6, 6.07) is 54.4. The number of aromatic nitrogens is 3. The third kappa shape index (κ3) is 5.41. The van der Waals surface area contributed by atoms with Gasteiger partial charge in [-0.1, -0.05) is 109 Å². The highest BCUT2D eigenvalue weighted by atomic mass is 15.1. The third-order valence-electron chi connectivity index (χ3n) is 10.6. The predicted octanol–water partition coefficient (Wildman–Crippen LogP) is 13.0. The fourth-order valence-corrected chi connectivity index (χ4v) is 8.19. The number of nitriles is 1. The lowest BCUT2D eigenvalue weighted by Gasteiger charge is -2.20. The van der Waals surface area contributed by atoms with Gasteiger partial charge in [-0.05, 0) is 110 Å². The minimum atomic E-state index is 0.606. The molecule has 4 nitrogen and oxygen atoms in total. The molecule has 0 radical (unpaired) electrons. The molecule has 54 heavy (non-hydrogen) atoms. The van der Waals surface area contributed by atoms with Crippen molar-refractivity contribution >= 4 is 38.8 Å². The predicted molar refractivity (Wildman–Crippen MR) is 225 cm³/mol. The number of aryl methyl sites for hydroxylation is 3. The molecule has 0 aliphatic rings. The number of para-hydroxylation sites is 1. The van der Waals surface area contributed by atoms with E-state index >= 15 is 0 Å². The number of hydrogen-bond donors (Lipinski definition) is 0. The molecule has 6 aromatic carbocycles. The van der Waals surface area contributed by atoms with E-state index in [4.69, 9.17) is 0 Å². The van der Waals surface area contributed by atoms with Crippen molar-refractivity contribution in [1.29, 1.82) is 5.26 Å². The van der Waals surface area contributed by atoms with E-state index in [0.717, 1.165) is 78.4 Å². The standard InChI is InChI=1S/C50H38N4/c1-5-14-45-34(4)41-23-21-37(35-15-8-6-9-16-35)27-47(41)53(45)49-29-40(31-51)44(39-25-32(2)52-33(3)26-39)30-50(49)54-46-20-13-12-19-42(46)43-24-22-38(28-48(43)54)36-17-10-7-11-18-36/h5-30H,1-4H3/b14-5-. The minimum Gasteiger partial charge on any atom is -0.307 e. The van der Waals surface area contributed by atoms with Crippen LogP contribution in [0, 0.1) is 32.1 Å². The molecule has 0 N–H and O–H groups in total. The highest BCUT2D eigenvalue weighted by Gasteiger charge is 2.24. The summed E-state index contributed by atoms with van der Waals surface area (Å²) >= 11 is 0. The summed E-state index contributed by atoms with van der Waals surface area (Å²) in [6.07, 6.45) is 4.29. The molecule has 0 spiro atoms. The first kappa shape index (κ1) is 32.9. The Morgan fingerprint density at radius 3 is 1.70 bits per heavy atom. The van der Waals surface area contributed by atoms with Crippen molar-refractivity contribution in [3.05, 3.63) is 180 Å². The topological polar surface area (TPSA) is 46.5 Å². The lowest BCUT2D eigenvalue weighted by Crippen LogP contribution is -2.07. The summed E-state index contributed by atoms with van der Waals surface area (Å²) in [6.45, 7) is 8.29. The van der Waals surface area contributed by atoms with E-state index in [-0.39, 0.29) is 0 Å². The summed E-state index contributed by atoms with van der Waals surface area (Å²) in [5, 5.41) is 14.4. The molecule has 0 bridgehead atoms. The average Bonchev–Trinajstić information content (AvgIpc) is 3.68. The summed E-state index contributed by atoms with van der Waals surface area (Å²) in [5.74, 6) is 0. The van der Waals surface area contributed by atoms with Crippen molar-refractivity contribution in [2.24, 2.45) is 0 Å². The van der Waals surface area contributed by atoms with Crippen molar-refractivity contribution in [2.45, 2.75) is 27.7 Å². The smallest absolute Gasteiger partial charge is 0.0998 e. The largest absolute Gasteiger partial charge is 0.307 e. The highest BCUT2D eigenvalue weighted by molar-refractivity contribution is 6.11. The second kappa shape index (κ2) is 13.2. The van der Waals surface area contributed by atoms with Crippen LogP contribution < -0.4 is 0 Å². The van der Waals surface area contributed by atoms with E-state index < -0.39 is 0 Å². The van der Waals surface area contributed by atoms with Crippen molar-refractivity contribution in [3.8, 4) is 50.8 Å². The SMILES string of the molecule is C/C=C\c1c(C)c2ccc(-c3ccccc3)cc2n1-c1cc(C#N)c(-c2cc(C)nc(C)c2)cc1-n1c2ccccc2c2ccc(-c3ccccc3)cc21. The highest BCUT2D eigenvalue weighted by Crippen LogP contribution is 2.42. The quantitative estimate of drug-likeness (QED) is 0.174. The molecule has 4 heteroatoms. The van der Waals surface area contributed by atoms with E-state index in [1.54, 1.807) is 0 Å². The summed E-state index contributed by atoms with van der Waals surface area (Å²) < 4.78 is 4.77. The van der Waals surface area contributed by atoms with Gasteiger partial charge in [-0.25, -0.2) is 0 Å². The van der Waals surface area contributed by atoms with Crippen LogP contribution in [-0.4, -0.2) is 14.1 Å². The van der Waals surface area contributed by atoms with Gasteiger partial charge in [0.15, 0.2) is 0 Å². The van der Waals surface area contributed by atoms with Gasteiger partial charge in [0.05, 0.1) is 39.6 Å². The molecule has 3 aromatic heterocycles. The Kier molecular flexibility index (Phi) is 8.06. The van der Waals surface area contributed by atoms with Crippen LogP contribution in [-0.2, 0) is 0 Å². The van der Waals surface area contributed by atoms with Crippen molar-refractivity contribution in [2.75, 3.05) is 0 Å². The van der Waals surface area contributed by atoms with E-state index in [1.165, 1.54) is 21.7 Å². The lowest BCUT2D eigenvalue weighted by atomic mass is 9.97. The summed E-state index contributed by atoms with van der Waals surface area (Å²) in [5.41, 5.74) is 16.4. The molecule has 258 valence electrons. The maximum Gasteiger partial charge on any atom is 0.0998 e. The van der Waals surface area contributed by atoms with Crippen LogP contribution in [0.4, 0.5) is 0 Å². The molecule has 3 heterocycles. The van der Waals surface area contributed by atoms with Gasteiger partial charge in [0.25, 0.3) is 0 Å². The van der Waals surface area contributed by atoms with E-state index in [2.05, 4.69) is 192 Å². The molecule has 0 atom stereocenters. The van der Waals surface area contributed by atoms with Gasteiger partial charge >= 0.3 is 0 Å². The van der Waals surface area contributed by atoms with Crippen LogP contribution in [0.15, 0.2) is 152 Å². The number of pyridine rings is 1. The molecule has 0 aliphatic carbocycles. The maximum absolute atomic E-state index is 10.9. The fraction of sp³-hybridized carbons (Fsp3) is 0.0800. The van der Waals surface area contributed by atoms with Gasteiger partial charge in [-0.15, -0.1) is 0 Å². The lowest BCUT2D eigenvalue weighted by molar-refractivity contribution is 1.05. The maximum atomic E-state index is 10.9. The Balaban J connectivity index is 1.45. The van der Waals surface area contributed by atoms with Gasteiger partial charge in [0.1, 0.15) is 0 Å². The second-order valence-electron chi connectivity index (χ2n) is 14.0. The number of benzene rings is 6. The second-order valence-corrected chi connectivity index (χ2v) is 14.0. The Morgan fingerprint density at radius 1 is 0.519 bits per heavy atom. The number of rotatable bonds is 6. The van der Waals surface area contributed by atoms with Crippen LogP contribution in [0.5, 0.6) is 0 Å². The first-order valence-electron chi connectivity index (χ1n) is 18.4. The molecule has 0 aliphatic heterocycles. The van der Waals surface area contributed by atoms with Gasteiger partial charge in [0.2, 0.25) is 0 Å². The van der Waals surface area contributed by atoms with Crippen LogP contribution >= 0.6 is 0 Å². The Hall–Kier alpha value is -6.96. The van der Waals surface area contributed by atoms with E-state index in [1.807, 2.05) is 13.8 Å². The van der Waals surface area contributed by atoms with Crippen molar-refractivity contribution in [1.82, 2.24) is 14.1 Å². The molecule has 0 saturated heterocycles. The van der Waals surface area contributed by atoms with Crippen LogP contribution in [0.25, 0.3) is 83.5 Å². The first-order chi connectivity index (χ1) is 26.4. The molecule has 9 rings (SSSR count). The zero-order valence-corrected chi connectivity index (χ0v) is 30.8. The zero-order chi connectivity index (χ0) is 36.9. The zero-order valence-electron chi connectivity index (χ0n) is 30.8. The fourth-order valence-electron chi connectivity index (χ4n) is 8.19. The van der Waals surface area contributed by atoms with E-state index in [9.17, 15) is 5.26 Å². The average molecular weight is 695 g/mol. The van der Waals surface area contributed by atoms with Gasteiger partial charge in [0, 0.05) is 38.8 Å². The summed E-state index contributed by atoms with van der Waals surface area (Å²) in [4.78, 5) is 4.68. The number of hydrogen-bond acceptors (Lipinski definition) is 2. The molecular weight excluding hydrogens is 657 g/mol. The van der Waals surface area contributed by atoms with Crippen molar-refractivity contribution in [3.63, 3.8) is 0 Å². The van der Waals surface area contributed by atoms with Crippen LogP contribution in [0.3, 0.4) is 0 Å². The molecule has 0 saturated carbocycles. The molecule has 0 amide bonds. The first-order valence-corrected chi connectivity index (χ1v) is 18.4. The number of fused-ring (bicyclic) bond motifs is 4. The number of nitrogens with zero attached hydrogens (tertiary/aromatic N) is 4. The minimum absolute atomic E-state index is 0.606. The molecule has 0 fully saturated rings. The monoisotopic (exact) mass is 694 g/mol. The van der Waals surface area contributed by atoms with Crippen molar-refractivity contribution < 1.29 is 0 Å². The van der Waals surface area contributed by atoms with Crippen LogP contribution in [0.2, 0.25) is 0 Å². The van der Waals surface area contributed by atoms with Gasteiger partial charge < -0.3 is 9.13 Å². The molecular formula is C50H38N4. The Morgan fingerprint density at radius 2 is 1.07 bits per heavy atom. The van der Waals surface area contributed by atoms with Crippen LogP contribution in [0.1, 0.15) is 35.1 Å². The Bertz CT molecular complexity index is 2950. The molecule has 0 unspecified atom stereocenters.